The lowest BCUT2D eigenvalue weighted by Gasteiger charge is -2.27. The number of rotatable bonds is 4. The number of amides is 1. The molecule has 0 bridgehead atoms. The van der Waals surface area contributed by atoms with Crippen LogP contribution in [0.15, 0.2) is 36.7 Å². The second-order valence-electron chi connectivity index (χ2n) is 6.02. The third kappa shape index (κ3) is 3.92. The van der Waals surface area contributed by atoms with Crippen LogP contribution in [0.1, 0.15) is 36.0 Å². The lowest BCUT2D eigenvalue weighted by Crippen LogP contribution is -2.37. The topological polar surface area (TPSA) is 67.2 Å². The Balaban J connectivity index is 1.61. The standard InChI is InChI=1S/C17H20ClN3O2/c18-14-3-7-16(8-4-14)21-10-13(9-19-21)17(23)20-15-5-1-12(11-22)2-6-15/h3-4,7-10,12,15,22H,1-2,5-6,11H2,(H,20,23). The van der Waals surface area contributed by atoms with E-state index in [2.05, 4.69) is 10.4 Å². The molecule has 1 aromatic heterocycles. The van der Waals surface area contributed by atoms with Gasteiger partial charge in [-0.15, -0.1) is 0 Å². The summed E-state index contributed by atoms with van der Waals surface area (Å²) >= 11 is 5.87. The smallest absolute Gasteiger partial charge is 0.254 e. The summed E-state index contributed by atoms with van der Waals surface area (Å²) in [5.74, 6) is 0.286. The molecule has 122 valence electrons. The zero-order valence-corrected chi connectivity index (χ0v) is 13.5. The Kier molecular flexibility index (Phi) is 4.98. The molecule has 1 amide bonds. The summed E-state index contributed by atoms with van der Waals surface area (Å²) in [6, 6.07) is 7.47. The fourth-order valence-electron chi connectivity index (χ4n) is 2.93. The maximum absolute atomic E-state index is 12.3. The third-order valence-corrected chi connectivity index (χ3v) is 4.63. The van der Waals surface area contributed by atoms with Gasteiger partial charge in [0.25, 0.3) is 5.91 Å². The quantitative estimate of drug-likeness (QED) is 0.904. The number of hydrogen-bond donors (Lipinski definition) is 2. The third-order valence-electron chi connectivity index (χ3n) is 4.38. The Labute approximate surface area is 140 Å². The van der Waals surface area contributed by atoms with Gasteiger partial charge in [0.2, 0.25) is 0 Å². The van der Waals surface area contributed by atoms with Gasteiger partial charge in [-0.2, -0.15) is 5.10 Å². The first kappa shape index (κ1) is 16.0. The minimum Gasteiger partial charge on any atom is -0.396 e. The molecule has 0 unspecified atom stereocenters. The zero-order chi connectivity index (χ0) is 16.2. The van der Waals surface area contributed by atoms with Gasteiger partial charge in [-0.3, -0.25) is 4.79 Å². The van der Waals surface area contributed by atoms with Gasteiger partial charge in [-0.05, 0) is 55.9 Å². The fourth-order valence-corrected chi connectivity index (χ4v) is 3.06. The number of aromatic nitrogens is 2. The van der Waals surface area contributed by atoms with Crippen LogP contribution in [-0.4, -0.2) is 33.4 Å². The molecule has 2 aromatic rings. The molecule has 1 aliphatic carbocycles. The number of nitrogens with one attached hydrogen (secondary N) is 1. The monoisotopic (exact) mass is 333 g/mol. The Hall–Kier alpha value is -1.85. The van der Waals surface area contributed by atoms with Crippen LogP contribution in [0.4, 0.5) is 0 Å². The van der Waals surface area contributed by atoms with Crippen molar-refractivity contribution in [3.63, 3.8) is 0 Å². The molecule has 6 heteroatoms. The first-order valence-electron chi connectivity index (χ1n) is 7.88. The highest BCUT2D eigenvalue weighted by atomic mass is 35.5. The van der Waals surface area contributed by atoms with E-state index in [1.165, 1.54) is 0 Å². The number of carbonyl (C=O) groups excluding carboxylic acids is 1. The maximum atomic E-state index is 12.3. The van der Waals surface area contributed by atoms with E-state index in [0.717, 1.165) is 31.4 Å². The predicted molar refractivity (Wildman–Crippen MR) is 88.9 cm³/mol. The maximum Gasteiger partial charge on any atom is 0.254 e. The summed E-state index contributed by atoms with van der Waals surface area (Å²) in [7, 11) is 0. The minimum absolute atomic E-state index is 0.0994. The molecule has 0 aliphatic heterocycles. The van der Waals surface area contributed by atoms with E-state index >= 15 is 0 Å². The Morgan fingerprint density at radius 3 is 2.61 bits per heavy atom. The number of benzene rings is 1. The molecule has 1 aliphatic rings. The van der Waals surface area contributed by atoms with Crippen molar-refractivity contribution in [3.8, 4) is 5.69 Å². The van der Waals surface area contributed by atoms with Gasteiger partial charge in [0.05, 0.1) is 17.4 Å². The van der Waals surface area contributed by atoms with Crippen molar-refractivity contribution in [2.24, 2.45) is 5.92 Å². The molecule has 1 aromatic carbocycles. The summed E-state index contributed by atoms with van der Waals surface area (Å²) < 4.78 is 1.66. The number of halogens is 1. The van der Waals surface area contributed by atoms with Gasteiger partial charge < -0.3 is 10.4 Å². The van der Waals surface area contributed by atoms with E-state index in [4.69, 9.17) is 16.7 Å². The molecule has 1 heterocycles. The molecule has 5 nitrogen and oxygen atoms in total. The Bertz CT molecular complexity index is 661. The molecule has 3 rings (SSSR count). The van der Waals surface area contributed by atoms with Gasteiger partial charge >= 0.3 is 0 Å². The highest BCUT2D eigenvalue weighted by molar-refractivity contribution is 6.30. The van der Waals surface area contributed by atoms with Crippen molar-refractivity contribution >= 4 is 17.5 Å². The number of hydrogen-bond acceptors (Lipinski definition) is 3. The summed E-state index contributed by atoms with van der Waals surface area (Å²) in [6.07, 6.45) is 7.06. The summed E-state index contributed by atoms with van der Waals surface area (Å²) in [5, 5.41) is 17.1. The van der Waals surface area contributed by atoms with Crippen molar-refractivity contribution in [1.82, 2.24) is 15.1 Å². The van der Waals surface area contributed by atoms with Crippen LogP contribution in [0.2, 0.25) is 5.02 Å². The molecule has 2 N–H and O–H groups in total. The van der Waals surface area contributed by atoms with Crippen LogP contribution in [0.3, 0.4) is 0 Å². The van der Waals surface area contributed by atoms with Gasteiger partial charge in [-0.25, -0.2) is 4.68 Å². The largest absolute Gasteiger partial charge is 0.396 e. The highest BCUT2D eigenvalue weighted by Gasteiger charge is 2.22. The lowest BCUT2D eigenvalue weighted by molar-refractivity contribution is 0.0914. The van der Waals surface area contributed by atoms with Crippen LogP contribution in [0, 0.1) is 5.92 Å². The first-order valence-corrected chi connectivity index (χ1v) is 8.26. The molecule has 0 atom stereocenters. The average molecular weight is 334 g/mol. The summed E-state index contributed by atoms with van der Waals surface area (Å²) in [6.45, 7) is 0.245. The van der Waals surface area contributed by atoms with Gasteiger partial charge in [-0.1, -0.05) is 11.6 Å². The summed E-state index contributed by atoms with van der Waals surface area (Å²) in [4.78, 5) is 12.3. The minimum atomic E-state index is -0.0994. The van der Waals surface area contributed by atoms with Gasteiger partial charge in [0, 0.05) is 23.9 Å². The molecule has 0 spiro atoms. The zero-order valence-electron chi connectivity index (χ0n) is 12.8. The van der Waals surface area contributed by atoms with Gasteiger partial charge in [0.1, 0.15) is 0 Å². The van der Waals surface area contributed by atoms with E-state index in [1.54, 1.807) is 29.2 Å². The van der Waals surface area contributed by atoms with Crippen molar-refractivity contribution in [3.05, 3.63) is 47.2 Å². The van der Waals surface area contributed by atoms with Crippen LogP contribution in [-0.2, 0) is 0 Å². The van der Waals surface area contributed by atoms with Crippen LogP contribution in [0.5, 0.6) is 0 Å². The SMILES string of the molecule is O=C(NC1CCC(CO)CC1)c1cnn(-c2ccc(Cl)cc2)c1. The molecule has 23 heavy (non-hydrogen) atoms. The lowest BCUT2D eigenvalue weighted by atomic mass is 9.86. The van der Waals surface area contributed by atoms with E-state index in [1.807, 2.05) is 12.1 Å². The van der Waals surface area contributed by atoms with Crippen molar-refractivity contribution in [2.45, 2.75) is 31.7 Å². The van der Waals surface area contributed by atoms with Crippen molar-refractivity contribution < 1.29 is 9.90 Å². The number of carbonyl (C=O) groups is 1. The molecular formula is C17H20ClN3O2. The molecule has 1 saturated carbocycles. The number of aliphatic hydroxyl groups excluding tert-OH is 1. The normalized spacial score (nSPS) is 21.1. The Morgan fingerprint density at radius 2 is 1.96 bits per heavy atom. The second-order valence-corrected chi connectivity index (χ2v) is 6.46. The molecule has 0 radical (unpaired) electrons. The van der Waals surface area contributed by atoms with Crippen LogP contribution >= 0.6 is 11.6 Å². The van der Waals surface area contributed by atoms with Crippen LogP contribution < -0.4 is 5.32 Å². The fraction of sp³-hybridized carbons (Fsp3) is 0.412. The molecule has 1 fully saturated rings. The Morgan fingerprint density at radius 1 is 1.26 bits per heavy atom. The molecular weight excluding hydrogens is 314 g/mol. The summed E-state index contributed by atoms with van der Waals surface area (Å²) in [5.41, 5.74) is 1.40. The number of aliphatic hydroxyl groups is 1. The second kappa shape index (κ2) is 7.15. The van der Waals surface area contributed by atoms with Crippen molar-refractivity contribution in [2.75, 3.05) is 6.61 Å². The molecule has 0 saturated heterocycles. The van der Waals surface area contributed by atoms with E-state index in [0.29, 0.717) is 16.5 Å². The van der Waals surface area contributed by atoms with Crippen LogP contribution in [0.25, 0.3) is 5.69 Å². The predicted octanol–water partition coefficient (Wildman–Crippen LogP) is 2.81. The number of nitrogens with zero attached hydrogens (tertiary/aromatic N) is 2. The highest BCUT2D eigenvalue weighted by Crippen LogP contribution is 2.24. The van der Waals surface area contributed by atoms with Crippen molar-refractivity contribution in [1.29, 1.82) is 0 Å². The average Bonchev–Trinajstić information content (AvgIpc) is 3.06. The first-order chi connectivity index (χ1) is 11.2. The van der Waals surface area contributed by atoms with Gasteiger partial charge in [0.15, 0.2) is 0 Å². The van der Waals surface area contributed by atoms with E-state index in [-0.39, 0.29) is 18.6 Å². The van der Waals surface area contributed by atoms with E-state index < -0.39 is 0 Å². The van der Waals surface area contributed by atoms with E-state index in [9.17, 15) is 4.79 Å².